The molecule has 0 aliphatic carbocycles. The lowest BCUT2D eigenvalue weighted by atomic mass is 10.0. The molecule has 0 atom stereocenters. The third-order valence-corrected chi connectivity index (χ3v) is 2.92. The smallest absolute Gasteiger partial charge is 0.307 e. The van der Waals surface area contributed by atoms with E-state index in [4.69, 9.17) is 5.11 Å². The lowest BCUT2D eigenvalue weighted by molar-refractivity contribution is -0.136. The largest absolute Gasteiger partial charge is 0.481 e. The molecule has 0 bridgehead atoms. The van der Waals surface area contributed by atoms with E-state index in [1.54, 1.807) is 0 Å². The maximum atomic E-state index is 10.9. The molecule has 1 N–H and O–H groups in total. The van der Waals surface area contributed by atoms with Crippen molar-refractivity contribution in [2.75, 3.05) is 0 Å². The molecule has 0 saturated heterocycles. The molecule has 0 spiro atoms. The summed E-state index contributed by atoms with van der Waals surface area (Å²) in [5, 5.41) is 9.86. The van der Waals surface area contributed by atoms with Gasteiger partial charge in [-0.2, -0.15) is 0 Å². The Morgan fingerprint density at radius 3 is 2.67 bits per heavy atom. The van der Waals surface area contributed by atoms with E-state index in [1.165, 1.54) is 0 Å². The quantitative estimate of drug-likeness (QED) is 0.901. The van der Waals surface area contributed by atoms with Crippen molar-refractivity contribution in [2.45, 2.75) is 33.1 Å². The second kappa shape index (κ2) is 4.40. The molecular formula is C13H17N3O2. The minimum absolute atomic E-state index is 0.00345. The van der Waals surface area contributed by atoms with Gasteiger partial charge in [0.1, 0.15) is 11.5 Å². The molecule has 5 nitrogen and oxygen atoms in total. The van der Waals surface area contributed by atoms with Gasteiger partial charge in [0, 0.05) is 18.6 Å². The SMILES string of the molecule is Cc1nc(C(C)C)c2c(CC(=O)O)cn(C)c2n1. The number of carboxylic acid groups (broad SMARTS) is 1. The van der Waals surface area contributed by atoms with Crippen molar-refractivity contribution in [2.24, 2.45) is 7.05 Å². The van der Waals surface area contributed by atoms with Gasteiger partial charge in [0.15, 0.2) is 0 Å². The van der Waals surface area contributed by atoms with Crippen molar-refractivity contribution in [3.8, 4) is 0 Å². The number of carbonyl (C=O) groups is 1. The van der Waals surface area contributed by atoms with Crippen LogP contribution in [-0.4, -0.2) is 25.6 Å². The van der Waals surface area contributed by atoms with E-state index in [1.807, 2.05) is 24.7 Å². The van der Waals surface area contributed by atoms with Gasteiger partial charge in [-0.15, -0.1) is 0 Å². The Morgan fingerprint density at radius 1 is 1.44 bits per heavy atom. The summed E-state index contributed by atoms with van der Waals surface area (Å²) in [4.78, 5) is 19.8. The van der Waals surface area contributed by atoms with Crippen LogP contribution in [0.1, 0.15) is 36.8 Å². The summed E-state index contributed by atoms with van der Waals surface area (Å²) in [6, 6.07) is 0. The van der Waals surface area contributed by atoms with Crippen molar-refractivity contribution >= 4 is 17.0 Å². The molecule has 0 saturated carbocycles. The Bertz CT molecular complexity index is 614. The van der Waals surface area contributed by atoms with Gasteiger partial charge in [0.2, 0.25) is 0 Å². The highest BCUT2D eigenvalue weighted by molar-refractivity contribution is 5.87. The molecule has 2 rings (SSSR count). The average molecular weight is 247 g/mol. The standard InChI is InChI=1S/C13H17N3O2/c1-7(2)12-11-9(5-10(17)18)6-16(4)13(11)15-8(3)14-12/h6-7H,5H2,1-4H3,(H,17,18). The van der Waals surface area contributed by atoms with Crippen LogP contribution in [0.25, 0.3) is 11.0 Å². The summed E-state index contributed by atoms with van der Waals surface area (Å²) in [5.41, 5.74) is 2.51. The van der Waals surface area contributed by atoms with E-state index >= 15 is 0 Å². The van der Waals surface area contributed by atoms with Gasteiger partial charge < -0.3 is 9.67 Å². The maximum Gasteiger partial charge on any atom is 0.307 e. The van der Waals surface area contributed by atoms with Gasteiger partial charge in [-0.1, -0.05) is 13.8 Å². The van der Waals surface area contributed by atoms with Crippen LogP contribution in [0.3, 0.4) is 0 Å². The van der Waals surface area contributed by atoms with E-state index in [0.717, 1.165) is 22.3 Å². The third kappa shape index (κ3) is 2.08. The van der Waals surface area contributed by atoms with Crippen LogP contribution in [0.5, 0.6) is 0 Å². The number of hydrogen-bond acceptors (Lipinski definition) is 3. The van der Waals surface area contributed by atoms with Gasteiger partial charge in [-0.25, -0.2) is 9.97 Å². The molecule has 0 radical (unpaired) electrons. The van der Waals surface area contributed by atoms with Crippen LogP contribution in [-0.2, 0) is 18.3 Å². The van der Waals surface area contributed by atoms with Crippen molar-refractivity contribution in [1.29, 1.82) is 0 Å². The highest BCUT2D eigenvalue weighted by Crippen LogP contribution is 2.27. The molecule has 18 heavy (non-hydrogen) atoms. The Morgan fingerprint density at radius 2 is 2.11 bits per heavy atom. The molecule has 0 aromatic carbocycles. The Hall–Kier alpha value is -1.91. The van der Waals surface area contributed by atoms with Gasteiger partial charge in [-0.05, 0) is 18.4 Å². The minimum atomic E-state index is -0.835. The predicted octanol–water partition coefficient (Wildman–Crippen LogP) is 2.03. The van der Waals surface area contributed by atoms with E-state index in [9.17, 15) is 4.79 Å². The topological polar surface area (TPSA) is 68.0 Å². The minimum Gasteiger partial charge on any atom is -0.481 e. The van der Waals surface area contributed by atoms with Gasteiger partial charge in [0.05, 0.1) is 12.1 Å². The van der Waals surface area contributed by atoms with Crippen LogP contribution in [0.15, 0.2) is 6.20 Å². The van der Waals surface area contributed by atoms with E-state index in [2.05, 4.69) is 23.8 Å². The third-order valence-electron chi connectivity index (χ3n) is 2.92. The molecule has 0 fully saturated rings. The number of rotatable bonds is 3. The summed E-state index contributed by atoms with van der Waals surface area (Å²) in [7, 11) is 1.88. The van der Waals surface area contributed by atoms with Crippen molar-refractivity contribution in [1.82, 2.24) is 14.5 Å². The van der Waals surface area contributed by atoms with E-state index in [-0.39, 0.29) is 12.3 Å². The van der Waals surface area contributed by atoms with E-state index < -0.39 is 5.97 Å². The summed E-state index contributed by atoms with van der Waals surface area (Å²) in [6.07, 6.45) is 1.84. The number of nitrogens with zero attached hydrogens (tertiary/aromatic N) is 3. The Balaban J connectivity index is 2.77. The van der Waals surface area contributed by atoms with Crippen LogP contribution in [0.4, 0.5) is 0 Å². The zero-order chi connectivity index (χ0) is 13.4. The monoisotopic (exact) mass is 247 g/mol. The summed E-state index contributed by atoms with van der Waals surface area (Å²) in [6.45, 7) is 5.96. The normalized spacial score (nSPS) is 11.4. The number of hydrogen-bond donors (Lipinski definition) is 1. The van der Waals surface area contributed by atoms with Crippen molar-refractivity contribution < 1.29 is 9.90 Å². The van der Waals surface area contributed by atoms with Crippen LogP contribution in [0.2, 0.25) is 0 Å². The van der Waals surface area contributed by atoms with Gasteiger partial charge in [0.25, 0.3) is 0 Å². The number of aromatic nitrogens is 3. The first-order valence-electron chi connectivity index (χ1n) is 5.94. The lowest BCUT2D eigenvalue weighted by Gasteiger charge is -2.09. The molecule has 0 aliphatic heterocycles. The molecule has 5 heteroatoms. The number of aryl methyl sites for hydroxylation is 2. The van der Waals surface area contributed by atoms with Crippen molar-refractivity contribution in [3.63, 3.8) is 0 Å². The average Bonchev–Trinajstić information content (AvgIpc) is 2.53. The second-order valence-corrected chi connectivity index (χ2v) is 4.85. The van der Waals surface area contributed by atoms with Crippen LogP contribution in [0, 0.1) is 6.92 Å². The first-order chi connectivity index (χ1) is 8.40. The Kier molecular flexibility index (Phi) is 3.07. The fourth-order valence-corrected chi connectivity index (χ4v) is 2.22. The molecular weight excluding hydrogens is 230 g/mol. The summed E-state index contributed by atoms with van der Waals surface area (Å²) >= 11 is 0. The second-order valence-electron chi connectivity index (χ2n) is 4.85. The maximum absolute atomic E-state index is 10.9. The molecule has 0 unspecified atom stereocenters. The first kappa shape index (κ1) is 12.5. The number of carboxylic acids is 1. The Labute approximate surface area is 105 Å². The molecule has 96 valence electrons. The molecule has 0 aliphatic rings. The zero-order valence-electron chi connectivity index (χ0n) is 11.1. The van der Waals surface area contributed by atoms with Crippen LogP contribution < -0.4 is 0 Å². The highest BCUT2D eigenvalue weighted by atomic mass is 16.4. The molecule has 2 aromatic heterocycles. The van der Waals surface area contributed by atoms with E-state index in [0.29, 0.717) is 5.82 Å². The van der Waals surface area contributed by atoms with Crippen LogP contribution >= 0.6 is 0 Å². The fourth-order valence-electron chi connectivity index (χ4n) is 2.22. The zero-order valence-corrected chi connectivity index (χ0v) is 11.1. The fraction of sp³-hybridized carbons (Fsp3) is 0.462. The molecule has 2 heterocycles. The number of aliphatic carboxylic acids is 1. The predicted molar refractivity (Wildman–Crippen MR) is 68.7 cm³/mol. The van der Waals surface area contributed by atoms with Gasteiger partial charge >= 0.3 is 5.97 Å². The number of fused-ring (bicyclic) bond motifs is 1. The molecule has 0 amide bonds. The summed E-state index contributed by atoms with van der Waals surface area (Å²) in [5.74, 6) is 0.121. The highest BCUT2D eigenvalue weighted by Gasteiger charge is 2.18. The van der Waals surface area contributed by atoms with Crippen molar-refractivity contribution in [3.05, 3.63) is 23.3 Å². The van der Waals surface area contributed by atoms with Gasteiger partial charge in [-0.3, -0.25) is 4.79 Å². The first-order valence-corrected chi connectivity index (χ1v) is 5.94. The summed E-state index contributed by atoms with van der Waals surface area (Å²) < 4.78 is 1.87. The lowest BCUT2D eigenvalue weighted by Crippen LogP contribution is -2.03. The molecule has 2 aromatic rings.